The smallest absolute Gasteiger partial charge is 0.249 e. The van der Waals surface area contributed by atoms with Crippen LogP contribution in [0.2, 0.25) is 0 Å². The lowest BCUT2D eigenvalue weighted by Crippen LogP contribution is -2.09. The monoisotopic (exact) mass is 383 g/mol. The number of aromatic nitrogens is 5. The molecule has 0 amide bonds. The Morgan fingerprint density at radius 1 is 1.18 bits per heavy atom. The van der Waals surface area contributed by atoms with Crippen LogP contribution in [0.3, 0.4) is 0 Å². The lowest BCUT2D eigenvalue weighted by Gasteiger charge is -2.15. The zero-order chi connectivity index (χ0) is 19.7. The minimum absolute atomic E-state index is 0.0775. The molecule has 0 unspecified atom stereocenters. The molecule has 0 N–H and O–H groups in total. The summed E-state index contributed by atoms with van der Waals surface area (Å²) in [5.74, 6) is -1.02. The fourth-order valence-electron chi connectivity index (χ4n) is 2.87. The standard InChI is InChI=1S/C19H15F2N5O2/c1-11(19-24-17(25-28-19)12-4-3-7-22-10-12)26-9-8-23-18(26)15-14(27-2)6-5-13(20)16(15)21/h3-11H,1-2H3/t11-/m0/s1. The molecule has 9 heteroatoms. The van der Waals surface area contributed by atoms with Crippen LogP contribution in [-0.4, -0.2) is 31.8 Å². The van der Waals surface area contributed by atoms with Crippen molar-refractivity contribution in [2.45, 2.75) is 13.0 Å². The van der Waals surface area contributed by atoms with Crippen molar-refractivity contribution < 1.29 is 18.0 Å². The van der Waals surface area contributed by atoms with E-state index in [1.165, 1.54) is 19.4 Å². The Bertz CT molecular complexity index is 1110. The highest BCUT2D eigenvalue weighted by atomic mass is 19.2. The first-order valence-electron chi connectivity index (χ1n) is 8.39. The number of rotatable bonds is 5. The van der Waals surface area contributed by atoms with E-state index in [1.54, 1.807) is 36.1 Å². The molecule has 142 valence electrons. The van der Waals surface area contributed by atoms with Crippen molar-refractivity contribution >= 4 is 0 Å². The van der Waals surface area contributed by atoms with Gasteiger partial charge in [0.05, 0.1) is 12.7 Å². The van der Waals surface area contributed by atoms with Gasteiger partial charge in [0.25, 0.3) is 0 Å². The predicted molar refractivity (Wildman–Crippen MR) is 95.5 cm³/mol. The van der Waals surface area contributed by atoms with E-state index in [0.29, 0.717) is 11.4 Å². The molecule has 1 atom stereocenters. The molecular weight excluding hydrogens is 368 g/mol. The van der Waals surface area contributed by atoms with Crippen LogP contribution in [0.15, 0.2) is 53.6 Å². The van der Waals surface area contributed by atoms with Crippen LogP contribution in [0.1, 0.15) is 18.9 Å². The number of pyridine rings is 1. The normalized spacial score (nSPS) is 12.1. The summed E-state index contributed by atoms with van der Waals surface area (Å²) in [5.41, 5.74) is 0.625. The number of hydrogen-bond donors (Lipinski definition) is 0. The average Bonchev–Trinajstić information content (AvgIpc) is 3.40. The SMILES string of the molecule is COc1ccc(F)c(F)c1-c1nccn1[C@@H](C)c1nc(-c2cccnc2)no1. The molecule has 0 radical (unpaired) electrons. The predicted octanol–water partition coefficient (Wildman–Crippen LogP) is 3.89. The Labute approximate surface area is 158 Å². The van der Waals surface area contributed by atoms with Gasteiger partial charge in [-0.3, -0.25) is 4.98 Å². The number of imidazole rings is 1. The quantitative estimate of drug-likeness (QED) is 0.520. The molecular formula is C19H15F2N5O2. The minimum Gasteiger partial charge on any atom is -0.496 e. The lowest BCUT2D eigenvalue weighted by atomic mass is 10.1. The van der Waals surface area contributed by atoms with E-state index in [-0.39, 0.29) is 23.0 Å². The number of methoxy groups -OCH3 is 1. The summed E-state index contributed by atoms with van der Waals surface area (Å²) >= 11 is 0. The van der Waals surface area contributed by atoms with Gasteiger partial charge in [0.2, 0.25) is 11.7 Å². The number of ether oxygens (including phenoxy) is 1. The maximum atomic E-state index is 14.5. The van der Waals surface area contributed by atoms with Crippen molar-refractivity contribution in [1.82, 2.24) is 24.7 Å². The first-order chi connectivity index (χ1) is 13.6. The first kappa shape index (κ1) is 17.8. The van der Waals surface area contributed by atoms with E-state index in [1.807, 2.05) is 6.07 Å². The Kier molecular flexibility index (Phi) is 4.56. The van der Waals surface area contributed by atoms with E-state index in [9.17, 15) is 8.78 Å². The van der Waals surface area contributed by atoms with Crippen LogP contribution in [0.4, 0.5) is 8.78 Å². The van der Waals surface area contributed by atoms with E-state index in [0.717, 1.165) is 6.07 Å². The van der Waals surface area contributed by atoms with Gasteiger partial charge in [-0.1, -0.05) is 5.16 Å². The van der Waals surface area contributed by atoms with Crippen molar-refractivity contribution in [1.29, 1.82) is 0 Å². The molecule has 0 aliphatic rings. The van der Waals surface area contributed by atoms with Crippen LogP contribution < -0.4 is 4.74 Å². The molecule has 3 heterocycles. The Morgan fingerprint density at radius 2 is 2.04 bits per heavy atom. The van der Waals surface area contributed by atoms with Gasteiger partial charge in [-0.05, 0) is 31.2 Å². The largest absolute Gasteiger partial charge is 0.496 e. The van der Waals surface area contributed by atoms with E-state index in [2.05, 4.69) is 20.1 Å². The summed E-state index contributed by atoms with van der Waals surface area (Å²) in [4.78, 5) is 12.6. The van der Waals surface area contributed by atoms with Gasteiger partial charge in [-0.15, -0.1) is 0 Å². The number of nitrogens with zero attached hydrogens (tertiary/aromatic N) is 5. The molecule has 0 saturated heterocycles. The third-order valence-corrected chi connectivity index (χ3v) is 4.30. The molecule has 0 spiro atoms. The topological polar surface area (TPSA) is 78.9 Å². The summed E-state index contributed by atoms with van der Waals surface area (Å²) in [6.07, 6.45) is 6.37. The molecule has 1 aromatic carbocycles. The number of halogens is 2. The summed E-state index contributed by atoms with van der Waals surface area (Å²) < 4.78 is 40.5. The van der Waals surface area contributed by atoms with E-state index >= 15 is 0 Å². The van der Waals surface area contributed by atoms with Crippen LogP contribution >= 0.6 is 0 Å². The molecule has 0 aliphatic carbocycles. The van der Waals surface area contributed by atoms with Crippen LogP contribution in [0.5, 0.6) is 5.75 Å². The van der Waals surface area contributed by atoms with Gasteiger partial charge >= 0.3 is 0 Å². The summed E-state index contributed by atoms with van der Waals surface area (Å²) in [7, 11) is 1.38. The van der Waals surface area contributed by atoms with Crippen LogP contribution in [0, 0.1) is 11.6 Å². The van der Waals surface area contributed by atoms with Gasteiger partial charge < -0.3 is 13.8 Å². The maximum absolute atomic E-state index is 14.5. The fourth-order valence-corrected chi connectivity index (χ4v) is 2.87. The number of benzene rings is 1. The van der Waals surface area contributed by atoms with Crippen molar-refractivity contribution in [3.05, 3.63) is 66.6 Å². The second-order valence-electron chi connectivity index (χ2n) is 5.97. The number of hydrogen-bond acceptors (Lipinski definition) is 6. The zero-order valence-corrected chi connectivity index (χ0v) is 15.0. The molecule has 4 aromatic rings. The van der Waals surface area contributed by atoms with Gasteiger partial charge in [0.15, 0.2) is 11.6 Å². The van der Waals surface area contributed by atoms with Crippen molar-refractivity contribution in [2.24, 2.45) is 0 Å². The lowest BCUT2D eigenvalue weighted by molar-refractivity contribution is 0.346. The first-order valence-corrected chi connectivity index (χ1v) is 8.39. The summed E-state index contributed by atoms with van der Waals surface area (Å²) in [5, 5.41) is 3.97. The Morgan fingerprint density at radius 3 is 2.79 bits per heavy atom. The molecule has 7 nitrogen and oxygen atoms in total. The second-order valence-corrected chi connectivity index (χ2v) is 5.97. The molecule has 0 fully saturated rings. The van der Waals surface area contributed by atoms with E-state index in [4.69, 9.17) is 9.26 Å². The van der Waals surface area contributed by atoms with Crippen molar-refractivity contribution in [3.8, 4) is 28.5 Å². The van der Waals surface area contributed by atoms with Crippen LogP contribution in [0.25, 0.3) is 22.8 Å². The molecule has 28 heavy (non-hydrogen) atoms. The molecule has 0 bridgehead atoms. The Hall–Kier alpha value is -3.62. The van der Waals surface area contributed by atoms with Gasteiger partial charge in [0.1, 0.15) is 17.6 Å². The maximum Gasteiger partial charge on any atom is 0.249 e. The average molecular weight is 383 g/mol. The molecule has 0 aliphatic heterocycles. The van der Waals surface area contributed by atoms with Gasteiger partial charge in [0, 0.05) is 30.4 Å². The van der Waals surface area contributed by atoms with Gasteiger partial charge in [-0.25, -0.2) is 13.8 Å². The van der Waals surface area contributed by atoms with E-state index < -0.39 is 17.7 Å². The van der Waals surface area contributed by atoms with Crippen LogP contribution in [-0.2, 0) is 0 Å². The third kappa shape index (κ3) is 3.00. The highest BCUT2D eigenvalue weighted by Gasteiger charge is 2.25. The second kappa shape index (κ2) is 7.18. The Balaban J connectivity index is 1.75. The summed E-state index contributed by atoms with van der Waals surface area (Å²) in [6, 6.07) is 5.45. The van der Waals surface area contributed by atoms with Crippen molar-refractivity contribution in [2.75, 3.05) is 7.11 Å². The molecule has 0 saturated carbocycles. The minimum atomic E-state index is -1.04. The van der Waals surface area contributed by atoms with Gasteiger partial charge in [-0.2, -0.15) is 4.98 Å². The van der Waals surface area contributed by atoms with Crippen molar-refractivity contribution in [3.63, 3.8) is 0 Å². The highest BCUT2D eigenvalue weighted by molar-refractivity contribution is 5.66. The summed E-state index contributed by atoms with van der Waals surface area (Å²) in [6.45, 7) is 1.79. The third-order valence-electron chi connectivity index (χ3n) is 4.30. The molecule has 3 aromatic heterocycles. The molecule has 4 rings (SSSR count). The zero-order valence-electron chi connectivity index (χ0n) is 15.0. The fraction of sp³-hybridized carbons (Fsp3) is 0.158. The highest BCUT2D eigenvalue weighted by Crippen LogP contribution is 2.35.